The van der Waals surface area contributed by atoms with Gasteiger partial charge in [0.2, 0.25) is 0 Å². The van der Waals surface area contributed by atoms with E-state index >= 15 is 0 Å². The van der Waals surface area contributed by atoms with E-state index in [0.717, 1.165) is 12.8 Å². The number of carbonyl (C=O) groups excluding carboxylic acids is 2. The first-order valence-electron chi connectivity index (χ1n) is 8.73. The van der Waals surface area contributed by atoms with Crippen LogP contribution in [-0.4, -0.2) is 69.9 Å². The molecule has 2 fully saturated rings. The molecule has 2 unspecified atom stereocenters. The van der Waals surface area contributed by atoms with Gasteiger partial charge in [0.15, 0.2) is 11.8 Å². The third kappa shape index (κ3) is 2.53. The summed E-state index contributed by atoms with van der Waals surface area (Å²) in [5.41, 5.74) is -1.20. The molecule has 0 aromatic rings. The summed E-state index contributed by atoms with van der Waals surface area (Å²) in [4.78, 5) is 36.6. The summed E-state index contributed by atoms with van der Waals surface area (Å²) in [5, 5.41) is 1.35. The Kier molecular flexibility index (Phi) is 4.78. The first-order valence-corrected chi connectivity index (χ1v) is 8.73. The fourth-order valence-corrected chi connectivity index (χ4v) is 4.21. The number of rotatable bonds is 5. The molecule has 7 nitrogen and oxygen atoms in total. The molecule has 0 aromatic heterocycles. The lowest BCUT2D eigenvalue weighted by molar-refractivity contribution is -0.141. The number of nitrogens with zero attached hydrogens (tertiary/aromatic N) is 4. The fraction of sp³-hybridized carbons (Fsp3) is 0.882. The zero-order valence-electron chi connectivity index (χ0n) is 16.3. The van der Waals surface area contributed by atoms with Crippen molar-refractivity contribution in [1.82, 2.24) is 19.8 Å². The third-order valence-electron chi connectivity index (χ3n) is 5.21. The predicted octanol–water partition coefficient (Wildman–Crippen LogP) is 2.93. The molecule has 0 spiro atoms. The summed E-state index contributed by atoms with van der Waals surface area (Å²) in [6, 6.07) is -0.265. The zero-order chi connectivity index (χ0) is 18.4. The number of hydrogen-bond acceptors (Lipinski definition) is 3. The van der Waals surface area contributed by atoms with Crippen LogP contribution in [0.25, 0.3) is 0 Å². The topological polar surface area (TPSA) is 56.3 Å². The molecule has 2 aliphatic heterocycles. The van der Waals surface area contributed by atoms with E-state index in [1.54, 1.807) is 21.7 Å². The van der Waals surface area contributed by atoms with E-state index in [0.29, 0.717) is 12.5 Å². The van der Waals surface area contributed by atoms with Crippen molar-refractivity contribution in [3.8, 4) is 0 Å². The minimum absolute atomic E-state index is 0.0609. The Morgan fingerprint density at radius 2 is 1.83 bits per heavy atom. The number of hydrogen-bond donors (Lipinski definition) is 0. The van der Waals surface area contributed by atoms with Crippen LogP contribution < -0.4 is 0 Å². The number of urea groups is 2. The Bertz CT molecular complexity index is 518. The molecule has 2 saturated heterocycles. The summed E-state index contributed by atoms with van der Waals surface area (Å²) in [6.07, 6.45) is 1.66. The van der Waals surface area contributed by atoms with Gasteiger partial charge in [0.25, 0.3) is 0 Å². The Balaban J connectivity index is 2.47. The van der Waals surface area contributed by atoms with Crippen LogP contribution in [0.3, 0.4) is 0 Å². The molecule has 24 heavy (non-hydrogen) atoms. The first-order chi connectivity index (χ1) is 11.0. The van der Waals surface area contributed by atoms with Crippen LogP contribution in [0.5, 0.6) is 0 Å². The highest BCUT2D eigenvalue weighted by Gasteiger charge is 2.68. The smallest absolute Gasteiger partial charge is 0.301 e. The molecular formula is C17H32N4O3. The van der Waals surface area contributed by atoms with Crippen molar-refractivity contribution >= 4 is 12.1 Å². The minimum Gasteiger partial charge on any atom is -0.301 e. The third-order valence-corrected chi connectivity index (χ3v) is 5.21. The number of carbonyl (C=O) groups is 2. The maximum Gasteiger partial charge on any atom is 0.348 e. The molecule has 0 N–H and O–H groups in total. The molecule has 7 heteroatoms. The van der Waals surface area contributed by atoms with E-state index in [2.05, 4.69) is 13.8 Å². The maximum atomic E-state index is 13.0. The Morgan fingerprint density at radius 1 is 1.25 bits per heavy atom. The van der Waals surface area contributed by atoms with E-state index in [4.69, 9.17) is 4.84 Å². The lowest BCUT2D eigenvalue weighted by Crippen LogP contribution is -2.62. The summed E-state index contributed by atoms with van der Waals surface area (Å²) >= 11 is 0. The van der Waals surface area contributed by atoms with Gasteiger partial charge in [0.05, 0.1) is 7.11 Å². The van der Waals surface area contributed by atoms with Crippen LogP contribution >= 0.6 is 0 Å². The summed E-state index contributed by atoms with van der Waals surface area (Å²) in [7, 11) is 3.26. The normalized spacial score (nSPS) is 28.9. The predicted molar refractivity (Wildman–Crippen MR) is 92.0 cm³/mol. The standard InChI is InChI=1S/C17H32N4O3/c1-9-10-12(2)11-19-13-17(6,18(7)14(19)22)21(16(3,4)5)15(23)20(13)24-8/h12-13H,9-11H2,1-8H3/t12-,13?,17?/m0/s1. The lowest BCUT2D eigenvalue weighted by atomic mass is 9.99. The Labute approximate surface area is 145 Å². The van der Waals surface area contributed by atoms with Crippen molar-refractivity contribution in [2.45, 2.75) is 71.8 Å². The van der Waals surface area contributed by atoms with Gasteiger partial charge in [-0.05, 0) is 40.0 Å². The van der Waals surface area contributed by atoms with Crippen LogP contribution in [0.2, 0.25) is 0 Å². The van der Waals surface area contributed by atoms with Crippen molar-refractivity contribution in [2.75, 3.05) is 20.7 Å². The van der Waals surface area contributed by atoms with Crippen molar-refractivity contribution in [2.24, 2.45) is 5.92 Å². The van der Waals surface area contributed by atoms with Gasteiger partial charge in [-0.2, -0.15) is 5.06 Å². The Morgan fingerprint density at radius 3 is 2.29 bits per heavy atom. The molecule has 0 radical (unpaired) electrons. The van der Waals surface area contributed by atoms with Gasteiger partial charge in [0, 0.05) is 19.1 Å². The highest BCUT2D eigenvalue weighted by atomic mass is 16.7. The summed E-state index contributed by atoms with van der Waals surface area (Å²) in [5.74, 6) is 0.368. The first kappa shape index (κ1) is 18.8. The Hall–Kier alpha value is -1.50. The van der Waals surface area contributed by atoms with E-state index in [1.165, 1.54) is 12.2 Å². The second-order valence-corrected chi connectivity index (χ2v) is 8.15. The van der Waals surface area contributed by atoms with Gasteiger partial charge < -0.3 is 4.90 Å². The average molecular weight is 340 g/mol. The second kappa shape index (κ2) is 6.10. The van der Waals surface area contributed by atoms with E-state index in [1.807, 2.05) is 27.7 Å². The number of hydroxylamine groups is 2. The molecule has 2 heterocycles. The average Bonchev–Trinajstić information content (AvgIpc) is 2.79. The van der Waals surface area contributed by atoms with Crippen molar-refractivity contribution in [1.29, 1.82) is 0 Å². The highest BCUT2D eigenvalue weighted by molar-refractivity contribution is 5.86. The highest BCUT2D eigenvalue weighted by Crippen LogP contribution is 2.46. The van der Waals surface area contributed by atoms with Crippen LogP contribution in [0.15, 0.2) is 0 Å². The van der Waals surface area contributed by atoms with Crippen LogP contribution in [0.4, 0.5) is 9.59 Å². The summed E-state index contributed by atoms with van der Waals surface area (Å²) in [6.45, 7) is 12.8. The fourth-order valence-electron chi connectivity index (χ4n) is 4.21. The van der Waals surface area contributed by atoms with Crippen LogP contribution in [0, 0.1) is 5.92 Å². The van der Waals surface area contributed by atoms with E-state index < -0.39 is 17.4 Å². The van der Waals surface area contributed by atoms with Crippen molar-refractivity contribution < 1.29 is 14.4 Å². The van der Waals surface area contributed by atoms with Gasteiger partial charge in [-0.3, -0.25) is 14.6 Å². The van der Waals surface area contributed by atoms with E-state index in [-0.39, 0.29) is 12.1 Å². The molecule has 0 aliphatic carbocycles. The zero-order valence-corrected chi connectivity index (χ0v) is 16.3. The van der Waals surface area contributed by atoms with Gasteiger partial charge in [-0.1, -0.05) is 20.3 Å². The quantitative estimate of drug-likeness (QED) is 0.773. The van der Waals surface area contributed by atoms with Crippen molar-refractivity contribution in [3.63, 3.8) is 0 Å². The minimum atomic E-state index is -0.769. The molecule has 2 aliphatic rings. The maximum absolute atomic E-state index is 13.0. The van der Waals surface area contributed by atoms with Crippen molar-refractivity contribution in [3.05, 3.63) is 0 Å². The largest absolute Gasteiger partial charge is 0.348 e. The molecule has 0 aromatic carbocycles. The van der Waals surface area contributed by atoms with Crippen LogP contribution in [0.1, 0.15) is 54.4 Å². The van der Waals surface area contributed by atoms with Crippen LogP contribution in [-0.2, 0) is 4.84 Å². The van der Waals surface area contributed by atoms with Gasteiger partial charge >= 0.3 is 12.1 Å². The number of likely N-dealkylation sites (N-methyl/N-ethyl adjacent to an activating group) is 1. The summed E-state index contributed by atoms with van der Waals surface area (Å²) < 4.78 is 0. The molecule has 0 saturated carbocycles. The molecule has 138 valence electrons. The monoisotopic (exact) mass is 340 g/mol. The second-order valence-electron chi connectivity index (χ2n) is 8.15. The van der Waals surface area contributed by atoms with Gasteiger partial charge in [0.1, 0.15) is 0 Å². The molecule has 0 bridgehead atoms. The molecule has 3 atom stereocenters. The molecular weight excluding hydrogens is 308 g/mol. The molecule has 2 rings (SSSR count). The van der Waals surface area contributed by atoms with E-state index in [9.17, 15) is 9.59 Å². The SMILES string of the molecule is CCC[C@H](C)CN1C(=O)N(C)C2(C)C1N(OC)C(=O)N2C(C)(C)C. The molecule has 4 amide bonds. The number of amides is 4. The van der Waals surface area contributed by atoms with Gasteiger partial charge in [-0.25, -0.2) is 9.59 Å². The number of fused-ring (bicyclic) bond motifs is 1. The van der Waals surface area contributed by atoms with Gasteiger partial charge in [-0.15, -0.1) is 0 Å². The lowest BCUT2D eigenvalue weighted by Gasteiger charge is -2.44.